The number of hydrogen-bond donors (Lipinski definition) is 2. The first kappa shape index (κ1) is 17.5. The van der Waals surface area contributed by atoms with E-state index in [1.807, 2.05) is 0 Å². The summed E-state index contributed by atoms with van der Waals surface area (Å²) in [7, 11) is 0. The molecule has 2 N–H and O–H groups in total. The molecule has 122 valence electrons. The number of rotatable bonds is 5. The van der Waals surface area contributed by atoms with E-state index < -0.39 is 36.1 Å². The highest BCUT2D eigenvalue weighted by molar-refractivity contribution is 5.78. The van der Waals surface area contributed by atoms with Crippen LogP contribution in [0, 0.1) is 0 Å². The summed E-state index contributed by atoms with van der Waals surface area (Å²) in [4.78, 5) is 21.4. The van der Waals surface area contributed by atoms with Crippen molar-refractivity contribution in [1.29, 1.82) is 0 Å². The topological polar surface area (TPSA) is 75.6 Å². The predicted molar refractivity (Wildman–Crippen MR) is 54.0 cm³/mol. The molecule has 1 rings (SSSR count). The number of carboxylic acid groups (broad SMARTS) is 1. The van der Waals surface area contributed by atoms with Gasteiger partial charge in [-0.1, -0.05) is 6.42 Å². The number of carbonyl (C=O) groups excluding carboxylic acids is 1. The number of alkyl halides is 6. The monoisotopic (exact) mass is 323 g/mol. The molecule has 5 nitrogen and oxygen atoms in total. The Kier molecular flexibility index (Phi) is 4.76. The van der Waals surface area contributed by atoms with Gasteiger partial charge in [0.1, 0.15) is 6.04 Å². The van der Waals surface area contributed by atoms with Crippen LogP contribution in [0.5, 0.6) is 0 Å². The van der Waals surface area contributed by atoms with Crippen LogP contribution in [0.15, 0.2) is 0 Å². The van der Waals surface area contributed by atoms with Crippen molar-refractivity contribution in [2.75, 3.05) is 0 Å². The minimum absolute atomic E-state index is 0.0197. The normalized spacial score (nSPS) is 22.2. The van der Waals surface area contributed by atoms with Crippen molar-refractivity contribution >= 4 is 11.9 Å². The zero-order chi connectivity index (χ0) is 16.5. The maximum atomic E-state index is 12.6. The predicted octanol–water partition coefficient (Wildman–Crippen LogP) is 1.97. The Balaban J connectivity index is 2.77. The summed E-state index contributed by atoms with van der Waals surface area (Å²) in [6.07, 6.45) is -12.4. The van der Waals surface area contributed by atoms with Crippen LogP contribution >= 0.6 is 0 Å². The fourth-order valence-corrected chi connectivity index (χ4v) is 1.81. The molecule has 21 heavy (non-hydrogen) atoms. The molecule has 1 saturated heterocycles. The lowest BCUT2D eigenvalue weighted by Gasteiger charge is -2.31. The first-order valence-corrected chi connectivity index (χ1v) is 5.76. The van der Waals surface area contributed by atoms with Crippen molar-refractivity contribution in [3.63, 3.8) is 0 Å². The summed E-state index contributed by atoms with van der Waals surface area (Å²) >= 11 is 0. The van der Waals surface area contributed by atoms with Crippen LogP contribution in [0.4, 0.5) is 26.3 Å². The number of halogens is 6. The van der Waals surface area contributed by atoms with Gasteiger partial charge in [0.15, 0.2) is 0 Å². The van der Waals surface area contributed by atoms with Crippen LogP contribution in [0.1, 0.15) is 25.7 Å². The quantitative estimate of drug-likeness (QED) is 0.460. The fraction of sp³-hybridized carbons (Fsp3) is 0.800. The van der Waals surface area contributed by atoms with Crippen molar-refractivity contribution in [3.05, 3.63) is 0 Å². The first-order chi connectivity index (χ1) is 9.41. The summed E-state index contributed by atoms with van der Waals surface area (Å²) in [5, 5.41) is 9.50. The second kappa shape index (κ2) is 5.70. The molecule has 1 heterocycles. The number of aliphatic carboxylic acids is 1. The molecular weight excluding hydrogens is 312 g/mol. The van der Waals surface area contributed by atoms with E-state index in [2.05, 4.69) is 4.74 Å². The van der Waals surface area contributed by atoms with E-state index in [1.54, 1.807) is 0 Å². The minimum atomic E-state index is -5.86. The van der Waals surface area contributed by atoms with Gasteiger partial charge in [-0.05, 0) is 12.8 Å². The lowest BCUT2D eigenvalue weighted by molar-refractivity contribution is -0.369. The van der Waals surface area contributed by atoms with Crippen LogP contribution in [-0.4, -0.2) is 41.2 Å². The van der Waals surface area contributed by atoms with E-state index >= 15 is 0 Å². The number of unbranched alkanes of at least 4 members (excludes halogenated alkanes) is 1. The molecular formula is C10H11F6NO4. The molecule has 1 atom stereocenters. The average molecular weight is 323 g/mol. The van der Waals surface area contributed by atoms with E-state index in [0.29, 0.717) is 0 Å². The third kappa shape index (κ3) is 3.57. The zero-order valence-electron chi connectivity index (χ0n) is 10.3. The Morgan fingerprint density at radius 1 is 1.19 bits per heavy atom. The molecule has 1 fully saturated rings. The third-order valence-corrected chi connectivity index (χ3v) is 2.85. The lowest BCUT2D eigenvalue weighted by Crippen LogP contribution is -2.65. The Morgan fingerprint density at radius 3 is 2.10 bits per heavy atom. The van der Waals surface area contributed by atoms with Gasteiger partial charge >= 0.3 is 30.0 Å². The summed E-state index contributed by atoms with van der Waals surface area (Å²) < 4.78 is 79.2. The van der Waals surface area contributed by atoms with Crippen LogP contribution in [-0.2, 0) is 14.3 Å². The van der Waals surface area contributed by atoms with Crippen molar-refractivity contribution in [2.45, 2.75) is 49.8 Å². The third-order valence-electron chi connectivity index (χ3n) is 2.85. The maximum absolute atomic E-state index is 12.6. The van der Waals surface area contributed by atoms with Crippen molar-refractivity contribution in [3.8, 4) is 0 Å². The van der Waals surface area contributed by atoms with Gasteiger partial charge in [0.25, 0.3) is 0 Å². The van der Waals surface area contributed by atoms with Crippen molar-refractivity contribution in [1.82, 2.24) is 5.32 Å². The van der Waals surface area contributed by atoms with Gasteiger partial charge in [0, 0.05) is 6.42 Å². The molecule has 0 aliphatic carbocycles. The molecule has 0 unspecified atom stereocenters. The highest BCUT2D eigenvalue weighted by atomic mass is 19.4. The number of esters is 1. The number of hydrogen-bond acceptors (Lipinski definition) is 4. The second-order valence-electron chi connectivity index (χ2n) is 4.43. The molecule has 0 aromatic carbocycles. The number of carboxylic acids is 1. The van der Waals surface area contributed by atoms with Crippen LogP contribution < -0.4 is 5.32 Å². The molecule has 1 aliphatic rings. The second-order valence-corrected chi connectivity index (χ2v) is 4.43. The summed E-state index contributed by atoms with van der Waals surface area (Å²) in [5.74, 6) is -2.82. The number of cyclic esters (lactones) is 1. The SMILES string of the molecule is O=C(O)CCCC[C@H]1NC(C(F)(F)F)(C(F)(F)F)OC1=O. The largest absolute Gasteiger partial charge is 0.481 e. The Hall–Kier alpha value is -1.52. The van der Waals surface area contributed by atoms with E-state index in [-0.39, 0.29) is 25.7 Å². The summed E-state index contributed by atoms with van der Waals surface area (Å²) in [5.41, 5.74) is -4.71. The van der Waals surface area contributed by atoms with Gasteiger partial charge in [-0.3, -0.25) is 14.9 Å². The average Bonchev–Trinajstić information content (AvgIpc) is 2.62. The number of nitrogens with one attached hydrogen (secondary N) is 1. The fourth-order valence-electron chi connectivity index (χ4n) is 1.81. The molecule has 0 saturated carbocycles. The summed E-state index contributed by atoms with van der Waals surface area (Å²) in [6.45, 7) is 0. The van der Waals surface area contributed by atoms with E-state index in [0.717, 1.165) is 5.32 Å². The number of carbonyl (C=O) groups is 2. The Bertz CT molecular complexity index is 405. The van der Waals surface area contributed by atoms with Gasteiger partial charge < -0.3 is 9.84 Å². The lowest BCUT2D eigenvalue weighted by atomic mass is 10.1. The Labute approximate surface area is 114 Å². The van der Waals surface area contributed by atoms with Crippen molar-refractivity contribution in [2.24, 2.45) is 0 Å². The minimum Gasteiger partial charge on any atom is -0.481 e. The first-order valence-electron chi connectivity index (χ1n) is 5.76. The van der Waals surface area contributed by atoms with E-state index in [1.165, 1.54) is 0 Å². The van der Waals surface area contributed by atoms with Gasteiger partial charge in [0.05, 0.1) is 0 Å². The molecule has 0 spiro atoms. The highest BCUT2D eigenvalue weighted by Crippen LogP contribution is 2.47. The zero-order valence-corrected chi connectivity index (χ0v) is 10.3. The molecule has 11 heteroatoms. The van der Waals surface area contributed by atoms with Gasteiger partial charge in [0.2, 0.25) is 0 Å². The molecule has 0 bridgehead atoms. The smallest absolute Gasteiger partial charge is 0.452 e. The molecule has 1 aliphatic heterocycles. The molecule has 0 radical (unpaired) electrons. The maximum Gasteiger partial charge on any atom is 0.452 e. The number of ether oxygens (including phenoxy) is 1. The highest BCUT2D eigenvalue weighted by Gasteiger charge is 2.78. The van der Waals surface area contributed by atoms with Gasteiger partial charge in [-0.15, -0.1) is 0 Å². The Morgan fingerprint density at radius 2 is 1.71 bits per heavy atom. The van der Waals surface area contributed by atoms with Gasteiger partial charge in [-0.25, -0.2) is 0 Å². The molecule has 0 aromatic rings. The van der Waals surface area contributed by atoms with Crippen LogP contribution in [0.3, 0.4) is 0 Å². The van der Waals surface area contributed by atoms with Crippen molar-refractivity contribution < 1.29 is 45.8 Å². The van der Waals surface area contributed by atoms with E-state index in [9.17, 15) is 35.9 Å². The molecule has 0 amide bonds. The molecule has 0 aromatic heterocycles. The van der Waals surface area contributed by atoms with Crippen LogP contribution in [0.2, 0.25) is 0 Å². The standard InChI is InChI=1S/C10H11F6NO4/c11-9(12,13)8(10(14,15)16)17-5(7(20)21-8)3-1-2-4-6(18)19/h5,17H,1-4H2,(H,18,19)/t5-/m1/s1. The van der Waals surface area contributed by atoms with E-state index in [4.69, 9.17) is 5.11 Å². The summed E-state index contributed by atoms with van der Waals surface area (Å²) in [6, 6.07) is -1.79. The van der Waals surface area contributed by atoms with Crippen LogP contribution in [0.25, 0.3) is 0 Å². The van der Waals surface area contributed by atoms with Gasteiger partial charge in [-0.2, -0.15) is 26.3 Å².